The minimum atomic E-state index is -0.600. The molecular formula is C59H36N2O2. The summed E-state index contributed by atoms with van der Waals surface area (Å²) >= 11 is 0. The van der Waals surface area contributed by atoms with Crippen LogP contribution in [0.4, 0.5) is 17.1 Å². The Morgan fingerprint density at radius 1 is 0.381 bits per heavy atom. The molecule has 0 N–H and O–H groups in total. The number of nitrogens with zero attached hydrogens (tertiary/aromatic N) is 2. The molecule has 0 saturated carbocycles. The van der Waals surface area contributed by atoms with E-state index in [0.717, 1.165) is 78.3 Å². The highest BCUT2D eigenvalue weighted by Gasteiger charge is 2.49. The largest absolute Gasteiger partial charge is 0.457 e. The van der Waals surface area contributed by atoms with Crippen molar-refractivity contribution in [1.29, 1.82) is 0 Å². The number of furan rings is 1. The molecule has 0 fully saturated rings. The molecule has 294 valence electrons. The SMILES string of the molecule is c1ccc(N(c2ccc3c(c2)c2ccccc2n3-c2ccc3oc4ccccc4c3c2)c2ccc3c4c(cccc24)C2(c4ccccc4Oc4ccccc42)c2ccccc2-3)cc1. The standard InChI is InChI=1S/C59H36N2O2/c1-2-15-37(16-3-1)60(38-29-32-53-45(35-38)41-18-5-10-25-51(41)61(53)39-30-34-55-46(36-39)42-19-6-11-26-54(42)62-55)52-33-31-43-40-17-4-7-21-47(40)59(50-24-14-20-44(52)58(43)50)48-22-8-12-27-56(48)63-57-28-13-9-23-49(57)59/h1-36H. The van der Waals surface area contributed by atoms with E-state index in [9.17, 15) is 0 Å². The summed E-state index contributed by atoms with van der Waals surface area (Å²) in [7, 11) is 0. The zero-order chi connectivity index (χ0) is 41.2. The fourth-order valence-electron chi connectivity index (χ4n) is 11.1. The average Bonchev–Trinajstić information content (AvgIpc) is 3.89. The molecule has 63 heavy (non-hydrogen) atoms. The fraction of sp³-hybridized carbons (Fsp3) is 0.0169. The van der Waals surface area contributed by atoms with Crippen LogP contribution in [0.15, 0.2) is 223 Å². The van der Waals surface area contributed by atoms with E-state index in [1.54, 1.807) is 0 Å². The molecule has 0 amide bonds. The molecule has 0 saturated heterocycles. The first kappa shape index (κ1) is 34.4. The Morgan fingerprint density at radius 2 is 1.03 bits per heavy atom. The summed E-state index contributed by atoms with van der Waals surface area (Å²) in [6.07, 6.45) is 0. The third-order valence-electron chi connectivity index (χ3n) is 13.6. The molecule has 0 radical (unpaired) electrons. The molecule has 1 aliphatic carbocycles. The van der Waals surface area contributed by atoms with Gasteiger partial charge in [0.15, 0.2) is 0 Å². The van der Waals surface area contributed by atoms with Gasteiger partial charge in [-0.05, 0) is 107 Å². The van der Waals surface area contributed by atoms with Gasteiger partial charge in [-0.2, -0.15) is 0 Å². The van der Waals surface area contributed by atoms with Crippen molar-refractivity contribution in [3.05, 3.63) is 241 Å². The number of anilines is 3. The van der Waals surface area contributed by atoms with Gasteiger partial charge in [0.2, 0.25) is 0 Å². The zero-order valence-electron chi connectivity index (χ0n) is 34.0. The summed E-state index contributed by atoms with van der Waals surface area (Å²) in [5, 5.41) is 7.06. The maximum Gasteiger partial charge on any atom is 0.135 e. The Hall–Kier alpha value is -8.34. The predicted molar refractivity (Wildman–Crippen MR) is 258 cm³/mol. The monoisotopic (exact) mass is 804 g/mol. The van der Waals surface area contributed by atoms with E-state index in [1.165, 1.54) is 43.8 Å². The van der Waals surface area contributed by atoms with Gasteiger partial charge in [-0.25, -0.2) is 0 Å². The van der Waals surface area contributed by atoms with Crippen molar-refractivity contribution in [1.82, 2.24) is 4.57 Å². The van der Waals surface area contributed by atoms with Crippen LogP contribution in [0.1, 0.15) is 22.3 Å². The number of para-hydroxylation sites is 5. The number of hydrogen-bond acceptors (Lipinski definition) is 3. The molecule has 10 aromatic carbocycles. The van der Waals surface area contributed by atoms with Gasteiger partial charge in [0.05, 0.1) is 22.1 Å². The highest BCUT2D eigenvalue weighted by atomic mass is 16.5. The van der Waals surface area contributed by atoms with Crippen LogP contribution in [-0.2, 0) is 5.41 Å². The second-order valence-corrected chi connectivity index (χ2v) is 16.8. The second-order valence-electron chi connectivity index (χ2n) is 16.8. The number of aromatic nitrogens is 1. The lowest BCUT2D eigenvalue weighted by Crippen LogP contribution is -2.36. The highest BCUT2D eigenvalue weighted by Crippen LogP contribution is 2.62. The van der Waals surface area contributed by atoms with Crippen molar-refractivity contribution < 1.29 is 9.15 Å². The molecule has 4 nitrogen and oxygen atoms in total. The lowest BCUT2D eigenvalue weighted by atomic mass is 9.58. The van der Waals surface area contributed by atoms with E-state index in [-0.39, 0.29) is 0 Å². The Kier molecular flexibility index (Phi) is 7.01. The summed E-state index contributed by atoms with van der Waals surface area (Å²) < 4.78 is 15.3. The van der Waals surface area contributed by atoms with Crippen molar-refractivity contribution in [2.24, 2.45) is 0 Å². The molecule has 12 aromatic rings. The Labute approximate surface area is 363 Å². The van der Waals surface area contributed by atoms with Gasteiger partial charge in [-0.3, -0.25) is 0 Å². The fourth-order valence-corrected chi connectivity index (χ4v) is 11.1. The van der Waals surface area contributed by atoms with Crippen molar-refractivity contribution in [2.75, 3.05) is 4.90 Å². The second kappa shape index (κ2) is 12.8. The van der Waals surface area contributed by atoms with Gasteiger partial charge in [0, 0.05) is 55.1 Å². The van der Waals surface area contributed by atoms with Crippen LogP contribution >= 0.6 is 0 Å². The third kappa shape index (κ3) is 4.64. The maximum atomic E-state index is 6.70. The Morgan fingerprint density at radius 3 is 1.87 bits per heavy atom. The molecule has 3 heterocycles. The van der Waals surface area contributed by atoms with Crippen molar-refractivity contribution >= 4 is 71.6 Å². The van der Waals surface area contributed by atoms with Crippen molar-refractivity contribution in [3.8, 4) is 28.3 Å². The van der Waals surface area contributed by atoms with Crippen LogP contribution in [0.2, 0.25) is 0 Å². The van der Waals surface area contributed by atoms with E-state index >= 15 is 0 Å². The normalized spacial score (nSPS) is 13.3. The maximum absolute atomic E-state index is 6.70. The van der Waals surface area contributed by atoms with Crippen LogP contribution in [-0.4, -0.2) is 4.57 Å². The molecule has 2 aliphatic rings. The molecule has 2 aromatic heterocycles. The summed E-state index contributed by atoms with van der Waals surface area (Å²) in [5.41, 5.74) is 15.2. The first-order chi connectivity index (χ1) is 31.3. The van der Waals surface area contributed by atoms with Gasteiger partial charge in [-0.1, -0.05) is 140 Å². The van der Waals surface area contributed by atoms with E-state index in [0.29, 0.717) is 0 Å². The van der Waals surface area contributed by atoms with Crippen LogP contribution in [0.25, 0.3) is 71.3 Å². The first-order valence-electron chi connectivity index (χ1n) is 21.6. The minimum absolute atomic E-state index is 0.600. The minimum Gasteiger partial charge on any atom is -0.457 e. The molecule has 0 atom stereocenters. The summed E-state index contributed by atoms with van der Waals surface area (Å²) in [6.45, 7) is 0. The summed E-state index contributed by atoms with van der Waals surface area (Å²) in [6, 6.07) is 79.1. The number of benzene rings is 10. The number of rotatable bonds is 4. The molecule has 1 aliphatic heterocycles. The van der Waals surface area contributed by atoms with Crippen LogP contribution in [0.5, 0.6) is 11.5 Å². The number of ether oxygens (including phenoxy) is 1. The smallest absolute Gasteiger partial charge is 0.135 e. The predicted octanol–water partition coefficient (Wildman–Crippen LogP) is 15.8. The molecule has 4 heteroatoms. The lowest BCUT2D eigenvalue weighted by Gasteiger charge is -2.45. The zero-order valence-corrected chi connectivity index (χ0v) is 34.0. The van der Waals surface area contributed by atoms with Crippen molar-refractivity contribution in [3.63, 3.8) is 0 Å². The highest BCUT2D eigenvalue weighted by molar-refractivity contribution is 6.14. The van der Waals surface area contributed by atoms with Crippen LogP contribution in [0.3, 0.4) is 0 Å². The van der Waals surface area contributed by atoms with Crippen molar-refractivity contribution in [2.45, 2.75) is 5.41 Å². The average molecular weight is 805 g/mol. The molecule has 14 rings (SSSR count). The Balaban J connectivity index is 1.03. The summed E-state index contributed by atoms with van der Waals surface area (Å²) in [5.74, 6) is 1.78. The van der Waals surface area contributed by atoms with E-state index in [2.05, 4.69) is 216 Å². The quantitative estimate of drug-likeness (QED) is 0.178. The van der Waals surface area contributed by atoms with Crippen LogP contribution < -0.4 is 9.64 Å². The molecule has 0 bridgehead atoms. The van der Waals surface area contributed by atoms with E-state index in [1.807, 2.05) is 12.1 Å². The number of fused-ring (bicyclic) bond motifs is 14. The molecular weight excluding hydrogens is 769 g/mol. The van der Waals surface area contributed by atoms with E-state index in [4.69, 9.17) is 9.15 Å². The van der Waals surface area contributed by atoms with Gasteiger partial charge in [0.25, 0.3) is 0 Å². The van der Waals surface area contributed by atoms with Gasteiger partial charge < -0.3 is 18.6 Å². The van der Waals surface area contributed by atoms with Gasteiger partial charge in [0.1, 0.15) is 22.7 Å². The van der Waals surface area contributed by atoms with Gasteiger partial charge in [-0.15, -0.1) is 0 Å². The topological polar surface area (TPSA) is 30.5 Å². The van der Waals surface area contributed by atoms with E-state index < -0.39 is 5.41 Å². The van der Waals surface area contributed by atoms with Crippen LogP contribution in [0, 0.1) is 0 Å². The lowest BCUT2D eigenvalue weighted by molar-refractivity contribution is 0.435. The number of hydrogen-bond donors (Lipinski definition) is 0. The summed E-state index contributed by atoms with van der Waals surface area (Å²) in [4.78, 5) is 2.44. The molecule has 0 unspecified atom stereocenters. The third-order valence-corrected chi connectivity index (χ3v) is 13.6. The molecule has 1 spiro atoms. The van der Waals surface area contributed by atoms with Gasteiger partial charge >= 0.3 is 0 Å². The first-order valence-corrected chi connectivity index (χ1v) is 21.6. The Bertz CT molecular complexity index is 3810.